The Morgan fingerprint density at radius 1 is 1.13 bits per heavy atom. The number of fused-ring (bicyclic) bond motifs is 1. The highest BCUT2D eigenvalue weighted by atomic mass is 32.2. The maximum absolute atomic E-state index is 12.8. The van der Waals surface area contributed by atoms with Crippen molar-refractivity contribution >= 4 is 22.7 Å². The Balaban J connectivity index is 1.87. The topological polar surface area (TPSA) is 120 Å². The Hall–Kier alpha value is -2.62. The van der Waals surface area contributed by atoms with Gasteiger partial charge in [-0.25, -0.2) is 9.97 Å². The molecule has 1 aliphatic heterocycles. The van der Waals surface area contributed by atoms with Gasteiger partial charge in [0.15, 0.2) is 15.7 Å². The molecule has 3 aromatic rings. The lowest BCUT2D eigenvalue weighted by atomic mass is 9.85. The monoisotopic (exact) mass is 429 g/mol. The van der Waals surface area contributed by atoms with Crippen molar-refractivity contribution in [2.45, 2.75) is 42.5 Å². The molecule has 0 saturated carbocycles. The number of phenolic OH excluding ortho intramolecular Hbond substituents is 2. The van der Waals surface area contributed by atoms with Crippen LogP contribution in [0, 0.1) is 13.8 Å². The second-order valence-electron chi connectivity index (χ2n) is 7.72. The lowest BCUT2D eigenvalue weighted by Crippen LogP contribution is -2.40. The number of hydrogen-bond acceptors (Lipinski definition) is 9. The lowest BCUT2D eigenvalue weighted by Gasteiger charge is -2.34. The molecule has 0 spiro atoms. The number of aliphatic hydroxyl groups is 1. The molecule has 158 valence electrons. The van der Waals surface area contributed by atoms with Gasteiger partial charge in [-0.3, -0.25) is 4.79 Å². The SMILES string of the molecule is Cc1cc(C)nc(Sc2cc(=O)c3c(O)cc(O)c([C@H]4CCN(C)C[C@H]4O)c3o2)n1. The lowest BCUT2D eigenvalue weighted by molar-refractivity contribution is 0.0630. The molecule has 1 fully saturated rings. The average molecular weight is 429 g/mol. The minimum absolute atomic E-state index is 0.0142. The van der Waals surface area contributed by atoms with Crippen LogP contribution in [0.5, 0.6) is 11.5 Å². The van der Waals surface area contributed by atoms with E-state index in [9.17, 15) is 20.1 Å². The summed E-state index contributed by atoms with van der Waals surface area (Å²) in [4.78, 5) is 23.5. The Kier molecular flexibility index (Phi) is 5.44. The summed E-state index contributed by atoms with van der Waals surface area (Å²) in [5.74, 6) is -0.992. The molecule has 0 amide bonds. The van der Waals surface area contributed by atoms with Crippen molar-refractivity contribution in [1.82, 2.24) is 14.9 Å². The number of β-amino-alcohol motifs (C(OH)–C–C–N with tert-alkyl or cyclic N) is 1. The van der Waals surface area contributed by atoms with E-state index < -0.39 is 17.5 Å². The zero-order chi connectivity index (χ0) is 21.6. The van der Waals surface area contributed by atoms with Gasteiger partial charge in [0.2, 0.25) is 0 Å². The Morgan fingerprint density at radius 3 is 2.50 bits per heavy atom. The maximum atomic E-state index is 12.8. The van der Waals surface area contributed by atoms with Crippen LogP contribution in [0.1, 0.15) is 29.3 Å². The predicted octanol–water partition coefficient (Wildman–Crippen LogP) is 2.54. The molecule has 8 nitrogen and oxygen atoms in total. The van der Waals surface area contributed by atoms with Gasteiger partial charge in [-0.1, -0.05) is 0 Å². The molecular formula is C21H23N3O5S. The predicted molar refractivity (Wildman–Crippen MR) is 112 cm³/mol. The largest absolute Gasteiger partial charge is 0.507 e. The molecule has 0 bridgehead atoms. The van der Waals surface area contributed by atoms with Crippen LogP contribution in [-0.4, -0.2) is 56.4 Å². The summed E-state index contributed by atoms with van der Waals surface area (Å²) in [6.07, 6.45) is -0.168. The Labute approximate surface area is 177 Å². The summed E-state index contributed by atoms with van der Waals surface area (Å²) in [7, 11) is 1.91. The summed E-state index contributed by atoms with van der Waals surface area (Å²) in [5.41, 5.74) is 1.56. The van der Waals surface area contributed by atoms with E-state index >= 15 is 0 Å². The number of likely N-dealkylation sites (tertiary alicyclic amines) is 1. The van der Waals surface area contributed by atoms with Crippen molar-refractivity contribution in [3.8, 4) is 11.5 Å². The Morgan fingerprint density at radius 2 is 1.83 bits per heavy atom. The highest BCUT2D eigenvalue weighted by Crippen LogP contribution is 2.42. The van der Waals surface area contributed by atoms with Crippen LogP contribution in [0.15, 0.2) is 37.7 Å². The van der Waals surface area contributed by atoms with E-state index in [1.54, 1.807) is 0 Å². The van der Waals surface area contributed by atoms with Crippen LogP contribution < -0.4 is 5.43 Å². The van der Waals surface area contributed by atoms with Gasteiger partial charge in [0, 0.05) is 41.5 Å². The van der Waals surface area contributed by atoms with Crippen LogP contribution in [0.4, 0.5) is 0 Å². The van der Waals surface area contributed by atoms with E-state index in [0.717, 1.165) is 35.8 Å². The maximum Gasteiger partial charge on any atom is 0.197 e. The van der Waals surface area contributed by atoms with Gasteiger partial charge < -0.3 is 24.6 Å². The highest BCUT2D eigenvalue weighted by molar-refractivity contribution is 7.99. The molecule has 30 heavy (non-hydrogen) atoms. The van der Waals surface area contributed by atoms with Crippen molar-refractivity contribution in [1.29, 1.82) is 0 Å². The highest BCUT2D eigenvalue weighted by Gasteiger charge is 2.33. The number of nitrogens with zero attached hydrogens (tertiary/aromatic N) is 3. The number of aryl methyl sites for hydroxylation is 2. The Bertz CT molecular complexity index is 1160. The molecule has 0 radical (unpaired) electrons. The first-order valence-electron chi connectivity index (χ1n) is 9.62. The molecule has 2 atom stereocenters. The van der Waals surface area contributed by atoms with Gasteiger partial charge in [-0.05, 0) is 51.7 Å². The summed E-state index contributed by atoms with van der Waals surface area (Å²) in [6.45, 7) is 4.86. The van der Waals surface area contributed by atoms with E-state index in [0.29, 0.717) is 23.7 Å². The van der Waals surface area contributed by atoms with Crippen molar-refractivity contribution in [2.75, 3.05) is 20.1 Å². The molecule has 0 unspecified atom stereocenters. The number of aliphatic hydroxyl groups excluding tert-OH is 1. The molecule has 3 heterocycles. The second-order valence-corrected chi connectivity index (χ2v) is 8.69. The summed E-state index contributed by atoms with van der Waals surface area (Å²) < 4.78 is 5.99. The van der Waals surface area contributed by atoms with Gasteiger partial charge in [0.05, 0.1) is 6.10 Å². The van der Waals surface area contributed by atoms with Crippen LogP contribution in [0.25, 0.3) is 11.0 Å². The van der Waals surface area contributed by atoms with Crippen molar-refractivity contribution in [3.63, 3.8) is 0 Å². The van der Waals surface area contributed by atoms with Crippen molar-refractivity contribution in [2.24, 2.45) is 0 Å². The van der Waals surface area contributed by atoms with Crippen LogP contribution in [0.3, 0.4) is 0 Å². The first kappa shape index (κ1) is 20.6. The first-order chi connectivity index (χ1) is 14.2. The summed E-state index contributed by atoms with van der Waals surface area (Å²) in [6, 6.07) is 4.26. The third kappa shape index (κ3) is 3.88. The fraction of sp³-hybridized carbons (Fsp3) is 0.381. The first-order valence-corrected chi connectivity index (χ1v) is 10.4. The number of aromatic hydroxyl groups is 2. The molecule has 0 aliphatic carbocycles. The molecule has 1 aliphatic rings. The van der Waals surface area contributed by atoms with E-state index in [4.69, 9.17) is 4.42 Å². The molecule has 4 rings (SSSR count). The van der Waals surface area contributed by atoms with Crippen LogP contribution in [-0.2, 0) is 0 Å². The number of hydrogen-bond donors (Lipinski definition) is 3. The second kappa shape index (κ2) is 7.90. The molecule has 1 aromatic carbocycles. The van der Waals surface area contributed by atoms with Gasteiger partial charge in [0.1, 0.15) is 22.5 Å². The fourth-order valence-corrected chi connectivity index (χ4v) is 4.81. The van der Waals surface area contributed by atoms with E-state index in [2.05, 4.69) is 9.97 Å². The number of phenols is 2. The van der Waals surface area contributed by atoms with Gasteiger partial charge in [-0.15, -0.1) is 0 Å². The van der Waals surface area contributed by atoms with E-state index in [1.165, 1.54) is 6.07 Å². The zero-order valence-corrected chi connectivity index (χ0v) is 17.7. The zero-order valence-electron chi connectivity index (χ0n) is 16.9. The third-order valence-corrected chi connectivity index (χ3v) is 6.05. The quantitative estimate of drug-likeness (QED) is 0.539. The number of piperidine rings is 1. The molecule has 2 aromatic heterocycles. The number of likely N-dealkylation sites (N-methyl/N-ethyl adjacent to an activating group) is 1. The smallest absolute Gasteiger partial charge is 0.197 e. The van der Waals surface area contributed by atoms with Crippen molar-refractivity contribution in [3.05, 3.63) is 45.4 Å². The molecule has 1 saturated heterocycles. The van der Waals surface area contributed by atoms with E-state index in [-0.39, 0.29) is 27.6 Å². The van der Waals surface area contributed by atoms with E-state index in [1.807, 2.05) is 31.9 Å². The molecular weight excluding hydrogens is 406 g/mol. The standard InChI is InChI=1S/C21H23N3O5S/c1-10-6-11(2)23-21(22-10)30-17-8-15(27)19-14(26)7-13(25)18(20(19)29-17)12-4-5-24(3)9-16(12)28/h6-8,12,16,25-26,28H,4-5,9H2,1-3H3/t12-,16+/m0/s1. The van der Waals surface area contributed by atoms with Crippen LogP contribution >= 0.6 is 11.8 Å². The van der Waals surface area contributed by atoms with Crippen molar-refractivity contribution < 1.29 is 19.7 Å². The minimum Gasteiger partial charge on any atom is -0.507 e. The minimum atomic E-state index is -0.744. The normalized spacial score (nSPS) is 20.0. The number of aromatic nitrogens is 2. The number of rotatable bonds is 3. The fourth-order valence-electron chi connectivity index (χ4n) is 3.96. The molecule has 3 N–H and O–H groups in total. The molecule has 9 heteroatoms. The average Bonchev–Trinajstić information content (AvgIpc) is 2.61. The summed E-state index contributed by atoms with van der Waals surface area (Å²) >= 11 is 1.09. The van der Waals surface area contributed by atoms with Gasteiger partial charge in [0.25, 0.3) is 0 Å². The third-order valence-electron chi connectivity index (χ3n) is 5.28. The van der Waals surface area contributed by atoms with Gasteiger partial charge in [-0.2, -0.15) is 0 Å². The number of benzene rings is 1. The van der Waals surface area contributed by atoms with Crippen LogP contribution in [0.2, 0.25) is 0 Å². The van der Waals surface area contributed by atoms with Gasteiger partial charge >= 0.3 is 0 Å². The summed E-state index contributed by atoms with van der Waals surface area (Å²) in [5, 5.41) is 32.2.